The SMILES string of the molecule is CCOC(=O)/C(C#N)=C/c1ccc(C(=O)Oc2ccc([N+](=O)[O-])cc2)cc1. The molecule has 0 radical (unpaired) electrons. The first kappa shape index (κ1) is 19.3. The fourth-order valence-electron chi connectivity index (χ4n) is 2.03. The van der Waals surface area contributed by atoms with E-state index in [1.165, 1.54) is 42.5 Å². The van der Waals surface area contributed by atoms with E-state index in [1.807, 2.05) is 0 Å². The van der Waals surface area contributed by atoms with E-state index < -0.39 is 16.9 Å². The van der Waals surface area contributed by atoms with Crippen molar-refractivity contribution in [3.8, 4) is 11.8 Å². The summed E-state index contributed by atoms with van der Waals surface area (Å²) < 4.78 is 9.92. The van der Waals surface area contributed by atoms with E-state index in [0.717, 1.165) is 0 Å². The van der Waals surface area contributed by atoms with Crippen LogP contribution in [0.5, 0.6) is 5.75 Å². The quantitative estimate of drug-likeness (QED) is 0.192. The summed E-state index contributed by atoms with van der Waals surface area (Å²) in [4.78, 5) is 33.8. The zero-order valence-electron chi connectivity index (χ0n) is 14.2. The van der Waals surface area contributed by atoms with Crippen LogP contribution in [0.4, 0.5) is 5.69 Å². The molecule has 8 nitrogen and oxygen atoms in total. The molecule has 27 heavy (non-hydrogen) atoms. The van der Waals surface area contributed by atoms with Crippen LogP contribution >= 0.6 is 0 Å². The third kappa shape index (κ3) is 5.24. The van der Waals surface area contributed by atoms with Gasteiger partial charge in [0.25, 0.3) is 5.69 Å². The second kappa shape index (κ2) is 8.92. The number of esters is 2. The maximum Gasteiger partial charge on any atom is 0.348 e. The van der Waals surface area contributed by atoms with Crippen LogP contribution in [-0.2, 0) is 9.53 Å². The molecule has 0 N–H and O–H groups in total. The molecule has 0 aliphatic heterocycles. The summed E-state index contributed by atoms with van der Waals surface area (Å²) in [6, 6.07) is 12.9. The van der Waals surface area contributed by atoms with Gasteiger partial charge in [-0.3, -0.25) is 10.1 Å². The van der Waals surface area contributed by atoms with Crippen LogP contribution in [0.15, 0.2) is 54.1 Å². The number of hydrogen-bond donors (Lipinski definition) is 0. The molecule has 0 heterocycles. The standard InChI is InChI=1S/C19H14N2O6/c1-2-26-18(22)15(12-20)11-13-3-5-14(6-4-13)19(23)27-17-9-7-16(8-10-17)21(24)25/h3-11H,2H2,1H3/b15-11+. The van der Waals surface area contributed by atoms with Crippen molar-refractivity contribution in [2.24, 2.45) is 0 Å². The minimum absolute atomic E-state index is 0.110. The molecule has 0 atom stereocenters. The van der Waals surface area contributed by atoms with Crippen LogP contribution in [0.2, 0.25) is 0 Å². The van der Waals surface area contributed by atoms with Crippen LogP contribution < -0.4 is 4.74 Å². The molecule has 2 rings (SSSR count). The lowest BCUT2D eigenvalue weighted by atomic mass is 10.1. The van der Waals surface area contributed by atoms with E-state index in [4.69, 9.17) is 14.7 Å². The number of rotatable bonds is 6. The topological polar surface area (TPSA) is 120 Å². The van der Waals surface area contributed by atoms with Crippen molar-refractivity contribution in [1.82, 2.24) is 0 Å². The average Bonchev–Trinajstić information content (AvgIpc) is 2.67. The summed E-state index contributed by atoms with van der Waals surface area (Å²) in [5.41, 5.74) is 0.505. The summed E-state index contributed by atoms with van der Waals surface area (Å²) in [5.74, 6) is -1.20. The smallest absolute Gasteiger partial charge is 0.348 e. The minimum atomic E-state index is -0.721. The number of non-ortho nitro benzene ring substituents is 1. The Kier molecular flexibility index (Phi) is 6.39. The first-order valence-corrected chi connectivity index (χ1v) is 7.80. The summed E-state index contributed by atoms with van der Waals surface area (Å²) >= 11 is 0. The van der Waals surface area contributed by atoms with Gasteiger partial charge < -0.3 is 9.47 Å². The van der Waals surface area contributed by atoms with Crippen LogP contribution in [0.3, 0.4) is 0 Å². The van der Waals surface area contributed by atoms with Gasteiger partial charge in [0.1, 0.15) is 17.4 Å². The van der Waals surface area contributed by atoms with Crippen molar-refractivity contribution < 1.29 is 24.0 Å². The summed E-state index contributed by atoms with van der Waals surface area (Å²) in [7, 11) is 0. The van der Waals surface area contributed by atoms with E-state index in [-0.39, 0.29) is 29.2 Å². The number of nitriles is 1. The monoisotopic (exact) mass is 366 g/mol. The molecule has 0 unspecified atom stereocenters. The summed E-state index contributed by atoms with van der Waals surface area (Å²) in [5, 5.41) is 19.6. The largest absolute Gasteiger partial charge is 0.462 e. The van der Waals surface area contributed by atoms with Gasteiger partial charge in [0.15, 0.2) is 0 Å². The number of nitro groups is 1. The van der Waals surface area contributed by atoms with Gasteiger partial charge in [0.2, 0.25) is 0 Å². The first-order valence-electron chi connectivity index (χ1n) is 7.80. The van der Waals surface area contributed by atoms with Crippen molar-refractivity contribution in [2.75, 3.05) is 6.61 Å². The highest BCUT2D eigenvalue weighted by Gasteiger charge is 2.12. The number of benzene rings is 2. The van der Waals surface area contributed by atoms with E-state index >= 15 is 0 Å². The molecule has 2 aromatic carbocycles. The van der Waals surface area contributed by atoms with Gasteiger partial charge in [-0.05, 0) is 42.8 Å². The fraction of sp³-hybridized carbons (Fsp3) is 0.105. The minimum Gasteiger partial charge on any atom is -0.462 e. The molecule has 0 saturated carbocycles. The van der Waals surface area contributed by atoms with E-state index in [0.29, 0.717) is 5.56 Å². The molecule has 0 spiro atoms. The highest BCUT2D eigenvalue weighted by Crippen LogP contribution is 2.19. The lowest BCUT2D eigenvalue weighted by molar-refractivity contribution is -0.384. The first-order chi connectivity index (χ1) is 12.9. The molecule has 0 aliphatic rings. The van der Waals surface area contributed by atoms with Crippen molar-refractivity contribution >= 4 is 23.7 Å². The second-order valence-electron chi connectivity index (χ2n) is 5.15. The zero-order chi connectivity index (χ0) is 19.8. The molecule has 136 valence electrons. The Balaban J connectivity index is 2.10. The molecule has 0 saturated heterocycles. The number of nitrogens with zero attached hydrogens (tertiary/aromatic N) is 2. The lowest BCUT2D eigenvalue weighted by Crippen LogP contribution is -2.08. The molecule has 2 aromatic rings. The molecule has 0 aromatic heterocycles. The van der Waals surface area contributed by atoms with Crippen molar-refractivity contribution in [3.63, 3.8) is 0 Å². The van der Waals surface area contributed by atoms with Gasteiger partial charge in [-0.25, -0.2) is 9.59 Å². The molecule has 0 aliphatic carbocycles. The number of ether oxygens (including phenoxy) is 2. The predicted molar refractivity (Wildman–Crippen MR) is 94.7 cm³/mol. The molecule has 0 fully saturated rings. The maximum atomic E-state index is 12.1. The van der Waals surface area contributed by atoms with Crippen LogP contribution in [0.25, 0.3) is 6.08 Å². The van der Waals surface area contributed by atoms with Gasteiger partial charge in [0, 0.05) is 12.1 Å². The number of carbonyl (C=O) groups excluding carboxylic acids is 2. The van der Waals surface area contributed by atoms with Gasteiger partial charge in [0.05, 0.1) is 17.1 Å². The Morgan fingerprint density at radius 3 is 2.30 bits per heavy atom. The second-order valence-corrected chi connectivity index (χ2v) is 5.15. The lowest BCUT2D eigenvalue weighted by Gasteiger charge is -2.05. The molecule has 0 amide bonds. The summed E-state index contributed by atoms with van der Waals surface area (Å²) in [6.45, 7) is 1.80. The van der Waals surface area contributed by atoms with E-state index in [9.17, 15) is 19.7 Å². The molecule has 0 bridgehead atoms. The van der Waals surface area contributed by atoms with Gasteiger partial charge in [-0.2, -0.15) is 5.26 Å². The predicted octanol–water partition coefficient (Wildman–Crippen LogP) is 3.28. The van der Waals surface area contributed by atoms with Crippen molar-refractivity contribution in [3.05, 3.63) is 75.3 Å². The van der Waals surface area contributed by atoms with Crippen LogP contribution in [0, 0.1) is 21.4 Å². The Hall–Kier alpha value is -3.99. The van der Waals surface area contributed by atoms with E-state index in [1.54, 1.807) is 25.1 Å². The summed E-state index contributed by atoms with van der Waals surface area (Å²) in [6.07, 6.45) is 1.35. The van der Waals surface area contributed by atoms with E-state index in [2.05, 4.69) is 0 Å². The normalized spacial score (nSPS) is 10.6. The fourth-order valence-corrected chi connectivity index (χ4v) is 2.03. The average molecular weight is 366 g/mol. The third-order valence-corrected chi connectivity index (χ3v) is 3.33. The van der Waals surface area contributed by atoms with Gasteiger partial charge in [-0.1, -0.05) is 12.1 Å². The van der Waals surface area contributed by atoms with Crippen molar-refractivity contribution in [2.45, 2.75) is 6.92 Å². The maximum absolute atomic E-state index is 12.1. The Morgan fingerprint density at radius 2 is 1.78 bits per heavy atom. The van der Waals surface area contributed by atoms with Crippen LogP contribution in [-0.4, -0.2) is 23.5 Å². The Morgan fingerprint density at radius 1 is 1.15 bits per heavy atom. The van der Waals surface area contributed by atoms with Crippen molar-refractivity contribution in [1.29, 1.82) is 5.26 Å². The highest BCUT2D eigenvalue weighted by molar-refractivity contribution is 5.98. The number of nitro benzene ring substituents is 1. The van der Waals surface area contributed by atoms with Gasteiger partial charge in [-0.15, -0.1) is 0 Å². The molecular formula is C19H14N2O6. The Labute approximate surface area is 154 Å². The van der Waals surface area contributed by atoms with Crippen LogP contribution in [0.1, 0.15) is 22.8 Å². The highest BCUT2D eigenvalue weighted by atomic mass is 16.6. The molecular weight excluding hydrogens is 352 g/mol. The third-order valence-electron chi connectivity index (χ3n) is 3.33. The Bertz CT molecular complexity index is 924. The number of carbonyl (C=O) groups is 2. The zero-order valence-corrected chi connectivity index (χ0v) is 14.2. The molecule has 8 heteroatoms. The number of hydrogen-bond acceptors (Lipinski definition) is 7. The van der Waals surface area contributed by atoms with Gasteiger partial charge >= 0.3 is 11.9 Å².